The summed E-state index contributed by atoms with van der Waals surface area (Å²) in [6.45, 7) is 3.29. The number of alkyl halides is 2. The van der Waals surface area contributed by atoms with Crippen molar-refractivity contribution in [3.63, 3.8) is 0 Å². The van der Waals surface area contributed by atoms with Gasteiger partial charge in [0.15, 0.2) is 0 Å². The second-order valence-electron chi connectivity index (χ2n) is 6.58. The fourth-order valence-corrected chi connectivity index (χ4v) is 2.80. The van der Waals surface area contributed by atoms with Crippen LogP contribution in [0.4, 0.5) is 8.78 Å². The SMILES string of the molecule is C[C@@H](c1ccccc1)N(C)C(=O)C(F)(F)C(=O)N(C)[C@@H](C)c1ccccc1. The van der Waals surface area contributed by atoms with Crippen LogP contribution in [-0.2, 0) is 9.59 Å². The highest BCUT2D eigenvalue weighted by Gasteiger charge is 2.52. The van der Waals surface area contributed by atoms with Crippen LogP contribution < -0.4 is 0 Å². The smallest absolute Gasteiger partial charge is 0.333 e. The van der Waals surface area contributed by atoms with Gasteiger partial charge < -0.3 is 9.80 Å². The Morgan fingerprint density at radius 2 is 1.04 bits per heavy atom. The summed E-state index contributed by atoms with van der Waals surface area (Å²) in [4.78, 5) is 26.6. The molecule has 2 rings (SSSR count). The summed E-state index contributed by atoms with van der Waals surface area (Å²) >= 11 is 0. The van der Waals surface area contributed by atoms with E-state index in [1.807, 2.05) is 0 Å². The molecule has 0 aliphatic heterocycles. The molecule has 2 atom stereocenters. The third kappa shape index (κ3) is 4.32. The van der Waals surface area contributed by atoms with Crippen LogP contribution in [0.3, 0.4) is 0 Å². The highest BCUT2D eigenvalue weighted by atomic mass is 19.3. The average molecular weight is 374 g/mol. The molecule has 0 spiro atoms. The van der Waals surface area contributed by atoms with Crippen molar-refractivity contribution in [1.29, 1.82) is 0 Å². The zero-order chi connectivity index (χ0) is 20.2. The lowest BCUT2D eigenvalue weighted by Crippen LogP contribution is -2.52. The maximum Gasteiger partial charge on any atom is 0.401 e. The number of hydrogen-bond donors (Lipinski definition) is 0. The van der Waals surface area contributed by atoms with Gasteiger partial charge in [-0.15, -0.1) is 0 Å². The number of carbonyl (C=O) groups is 2. The summed E-state index contributed by atoms with van der Waals surface area (Å²) in [5, 5.41) is 0. The first-order valence-corrected chi connectivity index (χ1v) is 8.70. The molecule has 4 nitrogen and oxygen atoms in total. The average Bonchev–Trinajstić information content (AvgIpc) is 2.71. The molecule has 0 saturated heterocycles. The molecule has 2 aromatic carbocycles. The Morgan fingerprint density at radius 1 is 0.741 bits per heavy atom. The van der Waals surface area contributed by atoms with Crippen molar-refractivity contribution < 1.29 is 18.4 Å². The third-order valence-electron chi connectivity index (χ3n) is 4.90. The molecule has 0 bridgehead atoms. The zero-order valence-electron chi connectivity index (χ0n) is 15.9. The number of halogens is 2. The molecular weight excluding hydrogens is 350 g/mol. The monoisotopic (exact) mass is 374 g/mol. The first-order valence-electron chi connectivity index (χ1n) is 8.70. The predicted octanol–water partition coefficient (Wildman–Crippen LogP) is 4.06. The maximum atomic E-state index is 14.7. The summed E-state index contributed by atoms with van der Waals surface area (Å²) in [6.07, 6.45) is 0. The van der Waals surface area contributed by atoms with Gasteiger partial charge in [0.05, 0.1) is 12.1 Å². The van der Waals surface area contributed by atoms with E-state index < -0.39 is 29.8 Å². The van der Waals surface area contributed by atoms with Crippen molar-refractivity contribution in [3.8, 4) is 0 Å². The van der Waals surface area contributed by atoms with Crippen molar-refractivity contribution in [2.45, 2.75) is 31.9 Å². The van der Waals surface area contributed by atoms with E-state index in [0.29, 0.717) is 11.1 Å². The van der Waals surface area contributed by atoms with Gasteiger partial charge in [0.1, 0.15) is 0 Å². The molecule has 2 aromatic rings. The van der Waals surface area contributed by atoms with E-state index >= 15 is 0 Å². The quantitative estimate of drug-likeness (QED) is 0.716. The highest BCUT2D eigenvalue weighted by molar-refractivity contribution is 6.06. The van der Waals surface area contributed by atoms with Gasteiger partial charge in [-0.25, -0.2) is 0 Å². The van der Waals surface area contributed by atoms with Gasteiger partial charge in [-0.05, 0) is 25.0 Å². The molecule has 0 saturated carbocycles. The van der Waals surface area contributed by atoms with Crippen LogP contribution in [0, 0.1) is 0 Å². The second-order valence-corrected chi connectivity index (χ2v) is 6.58. The topological polar surface area (TPSA) is 40.6 Å². The summed E-state index contributed by atoms with van der Waals surface area (Å²) in [5.41, 5.74) is 1.42. The van der Waals surface area contributed by atoms with Crippen LogP contribution in [0.15, 0.2) is 60.7 Å². The normalized spacial score (nSPS) is 13.6. The van der Waals surface area contributed by atoms with E-state index in [0.717, 1.165) is 9.80 Å². The summed E-state index contributed by atoms with van der Waals surface area (Å²) < 4.78 is 29.4. The molecule has 144 valence electrons. The van der Waals surface area contributed by atoms with Gasteiger partial charge in [0.25, 0.3) is 0 Å². The molecule has 0 fully saturated rings. The molecule has 6 heteroatoms. The molecule has 0 aliphatic rings. The van der Waals surface area contributed by atoms with Crippen LogP contribution >= 0.6 is 0 Å². The first-order chi connectivity index (χ1) is 12.7. The van der Waals surface area contributed by atoms with Crippen LogP contribution in [0.1, 0.15) is 37.1 Å². The van der Waals surface area contributed by atoms with Crippen molar-refractivity contribution >= 4 is 11.8 Å². The van der Waals surface area contributed by atoms with Gasteiger partial charge in [-0.1, -0.05) is 60.7 Å². The largest absolute Gasteiger partial charge is 0.401 e. The number of rotatable bonds is 6. The van der Waals surface area contributed by atoms with Crippen LogP contribution in [-0.4, -0.2) is 41.6 Å². The molecule has 0 N–H and O–H groups in total. The lowest BCUT2D eigenvalue weighted by Gasteiger charge is -2.32. The standard InChI is InChI=1S/C21H24F2N2O2/c1-15(17-11-7-5-8-12-17)24(3)19(26)21(22,23)20(27)25(4)16(2)18-13-9-6-10-14-18/h5-16H,1-4H3/t15-,16-/m0/s1. The zero-order valence-corrected chi connectivity index (χ0v) is 15.9. The van der Waals surface area contributed by atoms with Crippen molar-refractivity contribution in [3.05, 3.63) is 71.8 Å². The van der Waals surface area contributed by atoms with E-state index in [-0.39, 0.29) is 0 Å². The fraction of sp³-hybridized carbons (Fsp3) is 0.333. The summed E-state index contributed by atoms with van der Waals surface area (Å²) in [7, 11) is 2.56. The number of nitrogens with zero attached hydrogens (tertiary/aromatic N) is 2. The number of carbonyl (C=O) groups excluding carboxylic acids is 2. The first kappa shape index (κ1) is 20.6. The maximum absolute atomic E-state index is 14.7. The van der Waals surface area contributed by atoms with E-state index in [1.165, 1.54) is 14.1 Å². The fourth-order valence-electron chi connectivity index (χ4n) is 2.80. The Hall–Kier alpha value is -2.76. The number of benzene rings is 2. The van der Waals surface area contributed by atoms with Gasteiger partial charge in [0, 0.05) is 14.1 Å². The molecule has 0 aromatic heterocycles. The van der Waals surface area contributed by atoms with E-state index in [1.54, 1.807) is 74.5 Å². The molecule has 0 unspecified atom stereocenters. The minimum Gasteiger partial charge on any atom is -0.333 e. The molecular formula is C21H24F2N2O2. The van der Waals surface area contributed by atoms with Gasteiger partial charge >= 0.3 is 17.7 Å². The Bertz CT molecular complexity index is 716. The van der Waals surface area contributed by atoms with Crippen LogP contribution in [0.25, 0.3) is 0 Å². The Kier molecular flexibility index (Phi) is 6.31. The lowest BCUT2D eigenvalue weighted by atomic mass is 10.1. The molecule has 27 heavy (non-hydrogen) atoms. The Morgan fingerprint density at radius 3 is 1.33 bits per heavy atom. The molecule has 0 heterocycles. The summed E-state index contributed by atoms with van der Waals surface area (Å²) in [6, 6.07) is 16.5. The predicted molar refractivity (Wildman–Crippen MR) is 100 cm³/mol. The number of hydrogen-bond acceptors (Lipinski definition) is 2. The van der Waals surface area contributed by atoms with E-state index in [2.05, 4.69) is 0 Å². The van der Waals surface area contributed by atoms with Gasteiger partial charge in [-0.2, -0.15) is 8.78 Å². The minimum absolute atomic E-state index is 0.589. The lowest BCUT2D eigenvalue weighted by molar-refractivity contribution is -0.174. The van der Waals surface area contributed by atoms with Crippen LogP contribution in [0.2, 0.25) is 0 Å². The summed E-state index contributed by atoms with van der Waals surface area (Å²) in [5.74, 6) is -7.18. The van der Waals surface area contributed by atoms with Crippen molar-refractivity contribution in [2.24, 2.45) is 0 Å². The van der Waals surface area contributed by atoms with Crippen molar-refractivity contribution in [2.75, 3.05) is 14.1 Å². The van der Waals surface area contributed by atoms with Gasteiger partial charge in [-0.3, -0.25) is 9.59 Å². The van der Waals surface area contributed by atoms with Crippen LogP contribution in [0.5, 0.6) is 0 Å². The molecule has 0 radical (unpaired) electrons. The second kappa shape index (κ2) is 8.29. The highest BCUT2D eigenvalue weighted by Crippen LogP contribution is 2.29. The van der Waals surface area contributed by atoms with Crippen molar-refractivity contribution in [1.82, 2.24) is 9.80 Å². The Labute approximate surface area is 158 Å². The van der Waals surface area contributed by atoms with E-state index in [4.69, 9.17) is 0 Å². The van der Waals surface area contributed by atoms with E-state index in [9.17, 15) is 18.4 Å². The van der Waals surface area contributed by atoms with Gasteiger partial charge in [0.2, 0.25) is 0 Å². The molecule has 2 amide bonds. The Balaban J connectivity index is 2.17. The molecule has 0 aliphatic carbocycles. The number of amides is 2. The minimum atomic E-state index is -4.14. The third-order valence-corrected chi connectivity index (χ3v) is 4.90.